The van der Waals surface area contributed by atoms with Crippen LogP contribution in [0.15, 0.2) is 229 Å². The molecule has 0 N–H and O–H groups in total. The number of hydrogen-bond acceptors (Lipinski definition) is 5. The molecular weight excluding hydrogens is 749 g/mol. The Balaban J connectivity index is 0.983. The zero-order chi connectivity index (χ0) is 40.1. The molecule has 0 amide bonds. The predicted molar refractivity (Wildman–Crippen MR) is 249 cm³/mol. The van der Waals surface area contributed by atoms with E-state index in [9.17, 15) is 0 Å². The van der Waals surface area contributed by atoms with Crippen molar-refractivity contribution in [2.45, 2.75) is 17.1 Å². The molecule has 5 heteroatoms. The summed E-state index contributed by atoms with van der Waals surface area (Å²) in [6.45, 7) is 0. The monoisotopic (exact) mass is 790 g/mol. The molecule has 1 aliphatic heterocycles. The molecule has 3 aliphatic carbocycles. The summed E-state index contributed by atoms with van der Waals surface area (Å²) < 4.78 is 0. The Morgan fingerprint density at radius 3 is 1.97 bits per heavy atom. The standard InChI is InChI=1S/C55H42N4S/c1-3-19-42(20-4-1)52-57-53(43-21-5-2-6-22-43)59-54(58-52)44-29-27-41(28-30-44)45-31-32-50-51(37-45)60-36-33-39(15-7-8-16-40-18-14-35-56-38-40)17-13-34-55(50)48-25-11-9-23-46(48)47-24-10-12-26-49(47)55/h1-27,29-38,41,50-51H,28H2/b15-7+,16-8-,34-13+,36-33+,39-17-. The van der Waals surface area contributed by atoms with E-state index in [2.05, 4.69) is 174 Å². The first-order valence-corrected chi connectivity index (χ1v) is 21.5. The Hall–Kier alpha value is -6.95. The summed E-state index contributed by atoms with van der Waals surface area (Å²) >= 11 is 1.91. The van der Waals surface area contributed by atoms with Crippen molar-refractivity contribution >= 4 is 23.4 Å². The largest absolute Gasteiger partial charge is 0.264 e. The minimum Gasteiger partial charge on any atom is -0.264 e. The number of aromatic nitrogens is 4. The van der Waals surface area contributed by atoms with Crippen molar-refractivity contribution in [2.24, 2.45) is 11.8 Å². The van der Waals surface area contributed by atoms with Crippen LogP contribution >= 0.6 is 11.8 Å². The van der Waals surface area contributed by atoms with Gasteiger partial charge in [0.25, 0.3) is 0 Å². The third-order valence-electron chi connectivity index (χ3n) is 11.8. The van der Waals surface area contributed by atoms with Gasteiger partial charge in [-0.25, -0.2) is 15.0 Å². The van der Waals surface area contributed by atoms with Crippen LogP contribution in [-0.4, -0.2) is 25.2 Å². The number of benzene rings is 4. The Kier molecular flexibility index (Phi) is 10.4. The second kappa shape index (κ2) is 16.7. The van der Waals surface area contributed by atoms with Crippen LogP contribution in [0.5, 0.6) is 0 Å². The average Bonchev–Trinajstić information content (AvgIpc) is 3.60. The Labute approximate surface area is 356 Å². The van der Waals surface area contributed by atoms with Crippen LogP contribution in [0.1, 0.15) is 28.9 Å². The SMILES string of the molecule is C1=CC(C2=CC3S/C=C/C(/C=C/C=C\c4cccnc4)=C\C=C\C4(c5ccccc5-c5ccccc54)C3C=C2)CC=C1c1nc(-c2ccccc2)nc(-c2ccccc2)n1. The quantitative estimate of drug-likeness (QED) is 0.151. The number of rotatable bonds is 7. The summed E-state index contributed by atoms with van der Waals surface area (Å²) in [7, 11) is 0. The highest BCUT2D eigenvalue weighted by Gasteiger charge is 2.49. The summed E-state index contributed by atoms with van der Waals surface area (Å²) in [5.74, 6) is 2.45. The maximum Gasteiger partial charge on any atom is 0.164 e. The van der Waals surface area contributed by atoms with Crippen LogP contribution < -0.4 is 0 Å². The molecule has 6 aromatic rings. The molecule has 0 radical (unpaired) electrons. The van der Waals surface area contributed by atoms with Gasteiger partial charge in [0.05, 0.1) is 0 Å². The normalized spacial score (nSPS) is 22.0. The lowest BCUT2D eigenvalue weighted by Crippen LogP contribution is -2.38. The molecule has 288 valence electrons. The van der Waals surface area contributed by atoms with E-state index in [0.717, 1.165) is 34.3 Å². The third-order valence-corrected chi connectivity index (χ3v) is 12.8. The fourth-order valence-corrected chi connectivity index (χ4v) is 10.0. The van der Waals surface area contributed by atoms with E-state index >= 15 is 0 Å². The van der Waals surface area contributed by atoms with Crippen molar-refractivity contribution in [3.05, 3.63) is 252 Å². The van der Waals surface area contributed by atoms with Gasteiger partial charge in [-0.05, 0) is 62.9 Å². The summed E-state index contributed by atoms with van der Waals surface area (Å²) in [6, 6.07) is 42.3. The van der Waals surface area contributed by atoms with Crippen LogP contribution in [0.3, 0.4) is 0 Å². The lowest BCUT2D eigenvalue weighted by atomic mass is 9.65. The predicted octanol–water partition coefficient (Wildman–Crippen LogP) is 13.0. The molecular formula is C55H42N4S. The van der Waals surface area contributed by atoms with Gasteiger partial charge in [-0.3, -0.25) is 4.98 Å². The zero-order valence-electron chi connectivity index (χ0n) is 33.0. The van der Waals surface area contributed by atoms with E-state index in [1.54, 1.807) is 6.20 Å². The summed E-state index contributed by atoms with van der Waals surface area (Å²) in [4.78, 5) is 19.1. The second-order valence-electron chi connectivity index (χ2n) is 15.3. The van der Waals surface area contributed by atoms with Gasteiger partial charge in [0, 0.05) is 51.6 Å². The minimum atomic E-state index is -0.346. The van der Waals surface area contributed by atoms with Gasteiger partial charge in [-0.15, -0.1) is 11.8 Å². The summed E-state index contributed by atoms with van der Waals surface area (Å²) in [6.07, 6.45) is 36.4. The molecule has 4 aromatic carbocycles. The highest BCUT2D eigenvalue weighted by Crippen LogP contribution is 2.57. The molecule has 0 saturated carbocycles. The maximum atomic E-state index is 5.00. The van der Waals surface area contributed by atoms with Gasteiger partial charge < -0.3 is 0 Å². The van der Waals surface area contributed by atoms with Gasteiger partial charge in [0.1, 0.15) is 0 Å². The fraction of sp³-hybridized carbons (Fsp3) is 0.0909. The summed E-state index contributed by atoms with van der Waals surface area (Å²) in [5.41, 5.74) is 11.5. The average molecular weight is 791 g/mol. The highest BCUT2D eigenvalue weighted by atomic mass is 32.2. The molecule has 3 unspecified atom stereocenters. The van der Waals surface area contributed by atoms with Gasteiger partial charge in [-0.2, -0.15) is 0 Å². The third kappa shape index (κ3) is 7.33. The molecule has 2 aromatic heterocycles. The molecule has 0 fully saturated rings. The fourth-order valence-electron chi connectivity index (χ4n) is 8.87. The maximum absolute atomic E-state index is 5.00. The van der Waals surface area contributed by atoms with E-state index in [1.165, 1.54) is 27.8 Å². The highest BCUT2D eigenvalue weighted by molar-refractivity contribution is 8.02. The van der Waals surface area contributed by atoms with Crippen LogP contribution in [0.4, 0.5) is 0 Å². The lowest BCUT2D eigenvalue weighted by Gasteiger charge is -2.41. The first-order chi connectivity index (χ1) is 29.7. The molecule has 1 spiro atoms. The molecule has 4 aliphatic rings. The molecule has 60 heavy (non-hydrogen) atoms. The van der Waals surface area contributed by atoms with Crippen molar-refractivity contribution in [3.63, 3.8) is 0 Å². The molecule has 0 saturated heterocycles. The Morgan fingerprint density at radius 2 is 1.30 bits per heavy atom. The minimum absolute atomic E-state index is 0.182. The number of thioether (sulfide) groups is 1. The first kappa shape index (κ1) is 37.3. The van der Waals surface area contributed by atoms with E-state index in [4.69, 9.17) is 15.0 Å². The number of allylic oxidation sites excluding steroid dienone is 15. The Bertz CT molecular complexity index is 2720. The van der Waals surface area contributed by atoms with Crippen molar-refractivity contribution < 1.29 is 0 Å². The van der Waals surface area contributed by atoms with Gasteiger partial charge in [-0.1, -0.05) is 194 Å². The zero-order valence-corrected chi connectivity index (χ0v) is 33.8. The van der Waals surface area contributed by atoms with Crippen LogP contribution in [0, 0.1) is 11.8 Å². The van der Waals surface area contributed by atoms with Crippen molar-refractivity contribution in [3.8, 4) is 33.9 Å². The molecule has 3 heterocycles. The van der Waals surface area contributed by atoms with E-state index in [-0.39, 0.29) is 22.5 Å². The van der Waals surface area contributed by atoms with Gasteiger partial charge in [0.15, 0.2) is 17.5 Å². The molecule has 3 atom stereocenters. The van der Waals surface area contributed by atoms with E-state index in [1.807, 2.05) is 60.4 Å². The molecule has 10 rings (SSSR count). The lowest BCUT2D eigenvalue weighted by molar-refractivity contribution is 0.478. The number of hydrogen-bond donors (Lipinski definition) is 0. The van der Waals surface area contributed by atoms with Crippen LogP contribution in [0.25, 0.3) is 45.6 Å². The summed E-state index contributed by atoms with van der Waals surface area (Å²) in [5, 5.41) is 2.47. The van der Waals surface area contributed by atoms with Crippen molar-refractivity contribution in [1.82, 2.24) is 19.9 Å². The molecule has 4 nitrogen and oxygen atoms in total. The van der Waals surface area contributed by atoms with Crippen molar-refractivity contribution in [2.75, 3.05) is 0 Å². The van der Waals surface area contributed by atoms with E-state index < -0.39 is 0 Å². The van der Waals surface area contributed by atoms with Crippen LogP contribution in [0.2, 0.25) is 0 Å². The molecule has 0 bridgehead atoms. The van der Waals surface area contributed by atoms with Crippen molar-refractivity contribution in [1.29, 1.82) is 0 Å². The smallest absolute Gasteiger partial charge is 0.164 e. The topological polar surface area (TPSA) is 51.6 Å². The first-order valence-electron chi connectivity index (χ1n) is 20.5. The number of nitrogens with zero attached hydrogens (tertiary/aromatic N) is 4. The van der Waals surface area contributed by atoms with Gasteiger partial charge in [0.2, 0.25) is 0 Å². The van der Waals surface area contributed by atoms with Crippen LogP contribution in [-0.2, 0) is 5.41 Å². The second-order valence-corrected chi connectivity index (χ2v) is 16.4. The number of fused-ring (bicyclic) bond motifs is 7. The van der Waals surface area contributed by atoms with Gasteiger partial charge >= 0.3 is 0 Å². The van der Waals surface area contributed by atoms with E-state index in [0.29, 0.717) is 17.5 Å². The Morgan fingerprint density at radius 1 is 0.633 bits per heavy atom. The number of pyridine rings is 1.